The van der Waals surface area contributed by atoms with E-state index in [0.717, 1.165) is 25.3 Å². The van der Waals surface area contributed by atoms with Crippen molar-refractivity contribution in [1.82, 2.24) is 9.62 Å². The lowest BCUT2D eigenvalue weighted by atomic mass is 10.1. The quantitative estimate of drug-likeness (QED) is 0.777. The first-order chi connectivity index (χ1) is 12.0. The van der Waals surface area contributed by atoms with Crippen LogP contribution < -0.4 is 14.8 Å². The lowest BCUT2D eigenvalue weighted by Crippen LogP contribution is -2.45. The Morgan fingerprint density at radius 3 is 2.28 bits per heavy atom. The van der Waals surface area contributed by atoms with E-state index in [2.05, 4.69) is 5.32 Å². The summed E-state index contributed by atoms with van der Waals surface area (Å²) in [6, 6.07) is 3.32. The summed E-state index contributed by atoms with van der Waals surface area (Å²) in [5.41, 5.74) is 0. The van der Waals surface area contributed by atoms with Gasteiger partial charge in [-0.05, 0) is 38.1 Å². The van der Waals surface area contributed by atoms with E-state index in [0.29, 0.717) is 30.6 Å². The van der Waals surface area contributed by atoms with Crippen molar-refractivity contribution in [3.63, 3.8) is 0 Å². The van der Waals surface area contributed by atoms with E-state index in [1.807, 2.05) is 0 Å². The molecule has 2 fully saturated rings. The van der Waals surface area contributed by atoms with Crippen molar-refractivity contribution in [2.75, 3.05) is 33.9 Å². The van der Waals surface area contributed by atoms with Gasteiger partial charge >= 0.3 is 0 Å². The van der Waals surface area contributed by atoms with Crippen molar-refractivity contribution >= 4 is 21.6 Å². The molecule has 1 saturated heterocycles. The zero-order valence-corrected chi connectivity index (χ0v) is 16.2. The van der Waals surface area contributed by atoms with E-state index in [1.165, 1.54) is 43.5 Å². The fraction of sp³-hybridized carbons (Fsp3) is 0.647. The molecule has 1 aromatic carbocycles. The Hall–Kier alpha value is -1.02. The van der Waals surface area contributed by atoms with E-state index in [4.69, 9.17) is 21.1 Å². The Labute approximate surface area is 154 Å². The van der Waals surface area contributed by atoms with Crippen molar-refractivity contribution in [3.05, 3.63) is 17.2 Å². The van der Waals surface area contributed by atoms with Gasteiger partial charge in [0.25, 0.3) is 0 Å². The lowest BCUT2D eigenvalue weighted by Gasteiger charge is -2.32. The van der Waals surface area contributed by atoms with Gasteiger partial charge in [-0.3, -0.25) is 0 Å². The number of piperidine rings is 1. The highest BCUT2D eigenvalue weighted by atomic mass is 35.5. The number of ether oxygens (including phenoxy) is 2. The van der Waals surface area contributed by atoms with Crippen molar-refractivity contribution in [2.45, 2.75) is 36.6 Å². The first kappa shape index (κ1) is 18.8. The van der Waals surface area contributed by atoms with E-state index >= 15 is 0 Å². The van der Waals surface area contributed by atoms with Gasteiger partial charge in [-0.2, -0.15) is 4.31 Å². The molecule has 0 spiro atoms. The molecule has 1 heterocycles. The molecule has 1 aliphatic carbocycles. The van der Waals surface area contributed by atoms with Crippen molar-refractivity contribution in [3.8, 4) is 11.5 Å². The molecule has 2 aliphatic rings. The molecule has 8 heteroatoms. The van der Waals surface area contributed by atoms with Gasteiger partial charge in [-0.1, -0.05) is 11.6 Å². The third-order valence-corrected chi connectivity index (χ3v) is 7.27. The summed E-state index contributed by atoms with van der Waals surface area (Å²) < 4.78 is 37.9. The summed E-state index contributed by atoms with van der Waals surface area (Å²) >= 11 is 6.21. The highest BCUT2D eigenvalue weighted by Gasteiger charge is 2.32. The maximum absolute atomic E-state index is 13.0. The summed E-state index contributed by atoms with van der Waals surface area (Å²) in [5.74, 6) is 1.59. The predicted octanol–water partition coefficient (Wildman–Crippen LogP) is 2.51. The summed E-state index contributed by atoms with van der Waals surface area (Å²) in [6.45, 7) is 2.05. The third kappa shape index (κ3) is 4.22. The van der Waals surface area contributed by atoms with E-state index < -0.39 is 10.0 Å². The predicted molar refractivity (Wildman–Crippen MR) is 97.1 cm³/mol. The van der Waals surface area contributed by atoms with Crippen LogP contribution in [0, 0.1) is 5.92 Å². The van der Waals surface area contributed by atoms with Gasteiger partial charge in [-0.25, -0.2) is 8.42 Å². The number of rotatable bonds is 7. The van der Waals surface area contributed by atoms with Crippen LogP contribution in [0.2, 0.25) is 5.02 Å². The van der Waals surface area contributed by atoms with Crippen LogP contribution in [0.1, 0.15) is 25.7 Å². The maximum atomic E-state index is 13.0. The third-order valence-electron chi connectivity index (χ3n) is 4.90. The number of hydrogen-bond donors (Lipinski definition) is 1. The van der Waals surface area contributed by atoms with Crippen LogP contribution in [0.3, 0.4) is 0 Å². The number of sulfonamides is 1. The summed E-state index contributed by atoms with van der Waals surface area (Å²) in [6.07, 6.45) is 4.27. The van der Waals surface area contributed by atoms with E-state index in [1.54, 1.807) is 0 Å². The largest absolute Gasteiger partial charge is 0.493 e. The second-order valence-corrected chi connectivity index (χ2v) is 8.98. The fourth-order valence-corrected chi connectivity index (χ4v) is 5.11. The molecule has 1 aliphatic heterocycles. The van der Waals surface area contributed by atoms with Gasteiger partial charge in [0, 0.05) is 31.3 Å². The van der Waals surface area contributed by atoms with Crippen molar-refractivity contribution in [2.24, 2.45) is 5.92 Å². The second-order valence-electron chi connectivity index (χ2n) is 6.67. The van der Waals surface area contributed by atoms with Gasteiger partial charge in [0.05, 0.1) is 19.2 Å². The molecular formula is C17H25ClN2O4S. The number of nitrogens with zero attached hydrogens (tertiary/aromatic N) is 1. The van der Waals surface area contributed by atoms with Crippen LogP contribution in [0.4, 0.5) is 0 Å². The average molecular weight is 389 g/mol. The molecule has 0 unspecified atom stereocenters. The minimum Gasteiger partial charge on any atom is -0.493 e. The molecule has 0 amide bonds. The van der Waals surface area contributed by atoms with E-state index in [-0.39, 0.29) is 9.92 Å². The zero-order chi connectivity index (χ0) is 18.0. The number of nitrogens with one attached hydrogen (secondary N) is 1. The van der Waals surface area contributed by atoms with Crippen molar-refractivity contribution < 1.29 is 17.9 Å². The minimum atomic E-state index is -3.65. The summed E-state index contributed by atoms with van der Waals surface area (Å²) in [7, 11) is -0.695. The first-order valence-electron chi connectivity index (χ1n) is 8.60. The van der Waals surface area contributed by atoms with Crippen LogP contribution in [0.25, 0.3) is 0 Å². The number of halogens is 1. The minimum absolute atomic E-state index is 0.0659. The van der Waals surface area contributed by atoms with Gasteiger partial charge < -0.3 is 14.8 Å². The Bertz CT molecular complexity index is 714. The Morgan fingerprint density at radius 2 is 1.72 bits per heavy atom. The number of methoxy groups -OCH3 is 2. The fourth-order valence-electron chi connectivity index (χ4n) is 3.13. The number of hydrogen-bond acceptors (Lipinski definition) is 5. The van der Waals surface area contributed by atoms with Gasteiger partial charge in [0.15, 0.2) is 11.5 Å². The van der Waals surface area contributed by atoms with Gasteiger partial charge in [-0.15, -0.1) is 0 Å². The molecule has 140 valence electrons. The highest BCUT2D eigenvalue weighted by molar-refractivity contribution is 7.89. The Kier molecular flexibility index (Phi) is 5.78. The molecule has 0 aromatic heterocycles. The summed E-state index contributed by atoms with van der Waals surface area (Å²) in [5, 5.41) is 3.70. The van der Waals surface area contributed by atoms with Gasteiger partial charge in [0.2, 0.25) is 10.0 Å². The molecule has 0 radical (unpaired) electrons. The highest BCUT2D eigenvalue weighted by Crippen LogP contribution is 2.37. The topological polar surface area (TPSA) is 67.9 Å². The first-order valence-corrected chi connectivity index (χ1v) is 10.4. The molecule has 1 saturated carbocycles. The Morgan fingerprint density at radius 1 is 1.12 bits per heavy atom. The molecule has 3 rings (SSSR count). The maximum Gasteiger partial charge on any atom is 0.244 e. The average Bonchev–Trinajstić information content (AvgIpc) is 3.44. The molecule has 6 nitrogen and oxygen atoms in total. The van der Waals surface area contributed by atoms with Crippen LogP contribution in [-0.2, 0) is 10.0 Å². The lowest BCUT2D eigenvalue weighted by molar-refractivity contribution is 0.288. The standard InChI is InChI=1S/C17H25ClN2O4S/c1-23-15-9-14(18)17(10-16(15)24-2)25(21,22)20-7-5-13(6-8-20)19-11-12-3-4-12/h9-10,12-13,19H,3-8,11H2,1-2H3. The molecular weight excluding hydrogens is 364 g/mol. The van der Waals surface area contributed by atoms with Gasteiger partial charge in [0.1, 0.15) is 4.90 Å². The van der Waals surface area contributed by atoms with Crippen LogP contribution >= 0.6 is 11.6 Å². The molecule has 0 atom stereocenters. The normalized spacial score (nSPS) is 19.8. The van der Waals surface area contributed by atoms with Crippen LogP contribution in [0.15, 0.2) is 17.0 Å². The second kappa shape index (κ2) is 7.70. The molecule has 25 heavy (non-hydrogen) atoms. The molecule has 0 bridgehead atoms. The van der Waals surface area contributed by atoms with Crippen molar-refractivity contribution in [1.29, 1.82) is 0 Å². The Balaban J connectivity index is 1.71. The monoisotopic (exact) mass is 388 g/mol. The zero-order valence-electron chi connectivity index (χ0n) is 14.6. The summed E-state index contributed by atoms with van der Waals surface area (Å²) in [4.78, 5) is 0.0659. The molecule has 1 aromatic rings. The molecule has 1 N–H and O–H groups in total. The van der Waals surface area contributed by atoms with Crippen LogP contribution in [0.5, 0.6) is 11.5 Å². The van der Waals surface area contributed by atoms with E-state index in [9.17, 15) is 8.42 Å². The smallest absolute Gasteiger partial charge is 0.244 e. The number of benzene rings is 1. The SMILES string of the molecule is COc1cc(Cl)c(S(=O)(=O)N2CCC(NCC3CC3)CC2)cc1OC. The van der Waals surface area contributed by atoms with Crippen LogP contribution in [-0.4, -0.2) is 52.6 Å².